The quantitative estimate of drug-likeness (QED) is 0.524. The first-order valence-corrected chi connectivity index (χ1v) is 8.44. The molecule has 0 aliphatic heterocycles. The third-order valence-electron chi connectivity index (χ3n) is 4.15. The highest BCUT2D eigenvalue weighted by molar-refractivity contribution is 5.55. The van der Waals surface area contributed by atoms with Gasteiger partial charge in [-0.2, -0.15) is 8.78 Å². The third kappa shape index (κ3) is 3.57. The van der Waals surface area contributed by atoms with E-state index in [-0.39, 0.29) is 11.4 Å². The van der Waals surface area contributed by atoms with Crippen molar-refractivity contribution in [3.63, 3.8) is 0 Å². The molecule has 0 fully saturated rings. The Morgan fingerprint density at radius 2 is 1.79 bits per heavy atom. The number of pyridine rings is 2. The molecule has 0 amide bonds. The highest BCUT2D eigenvalue weighted by Crippen LogP contribution is 2.24. The number of hydrogen-bond donors (Lipinski definition) is 0. The van der Waals surface area contributed by atoms with E-state index in [2.05, 4.69) is 15.2 Å². The molecule has 0 aliphatic rings. The van der Waals surface area contributed by atoms with Gasteiger partial charge in [0.1, 0.15) is 0 Å². The van der Waals surface area contributed by atoms with E-state index < -0.39 is 12.3 Å². The van der Waals surface area contributed by atoms with Crippen molar-refractivity contribution in [1.29, 1.82) is 0 Å². The van der Waals surface area contributed by atoms with Gasteiger partial charge in [-0.25, -0.2) is 0 Å². The van der Waals surface area contributed by atoms with E-state index in [1.54, 1.807) is 41.1 Å². The van der Waals surface area contributed by atoms with Crippen molar-refractivity contribution in [2.75, 3.05) is 0 Å². The van der Waals surface area contributed by atoms with Gasteiger partial charge in [-0.05, 0) is 35.9 Å². The first-order chi connectivity index (χ1) is 13.6. The Labute approximate surface area is 158 Å². The van der Waals surface area contributed by atoms with Gasteiger partial charge in [-0.3, -0.25) is 9.78 Å². The van der Waals surface area contributed by atoms with Crippen molar-refractivity contribution in [3.05, 3.63) is 88.7 Å². The lowest BCUT2D eigenvalue weighted by molar-refractivity contribution is 0.116. The Bertz CT molecular complexity index is 1140. The first-order valence-electron chi connectivity index (χ1n) is 8.44. The average molecular weight is 380 g/mol. The van der Waals surface area contributed by atoms with Gasteiger partial charge < -0.3 is 8.98 Å². The van der Waals surface area contributed by atoms with Gasteiger partial charge in [0.2, 0.25) is 5.89 Å². The lowest BCUT2D eigenvalue weighted by Gasteiger charge is -2.12. The SMILES string of the molecule is O=c1cccc(-c2ccccn2)n1Cc1ccc(-c2nnc(C(F)F)o2)cc1. The second kappa shape index (κ2) is 7.51. The van der Waals surface area contributed by atoms with E-state index in [9.17, 15) is 13.6 Å². The van der Waals surface area contributed by atoms with Crippen LogP contribution >= 0.6 is 0 Å². The van der Waals surface area contributed by atoms with Crippen molar-refractivity contribution in [3.8, 4) is 22.8 Å². The molecule has 3 heterocycles. The smallest absolute Gasteiger partial charge is 0.314 e. The molecule has 0 aliphatic carbocycles. The summed E-state index contributed by atoms with van der Waals surface area (Å²) in [5.74, 6) is -0.692. The van der Waals surface area contributed by atoms with Crippen LogP contribution in [-0.4, -0.2) is 19.7 Å². The number of hydrogen-bond acceptors (Lipinski definition) is 5. The number of rotatable bonds is 5. The zero-order chi connectivity index (χ0) is 19.5. The van der Waals surface area contributed by atoms with Crippen molar-refractivity contribution >= 4 is 0 Å². The molecule has 8 heteroatoms. The molecular formula is C20H14F2N4O2. The number of halogens is 2. The molecule has 1 aromatic carbocycles. The summed E-state index contributed by atoms with van der Waals surface area (Å²) in [6, 6.07) is 17.5. The normalized spacial score (nSPS) is 11.1. The largest absolute Gasteiger partial charge is 0.415 e. The highest BCUT2D eigenvalue weighted by atomic mass is 19.3. The topological polar surface area (TPSA) is 73.8 Å². The summed E-state index contributed by atoms with van der Waals surface area (Å²) in [6.45, 7) is 0.331. The molecule has 0 unspecified atom stereocenters. The average Bonchev–Trinajstić information content (AvgIpc) is 3.21. The zero-order valence-corrected chi connectivity index (χ0v) is 14.5. The summed E-state index contributed by atoms with van der Waals surface area (Å²) in [5, 5.41) is 6.95. The molecule has 140 valence electrons. The van der Waals surface area contributed by atoms with Crippen LogP contribution in [0.4, 0.5) is 8.78 Å². The fourth-order valence-electron chi connectivity index (χ4n) is 2.80. The number of alkyl halides is 2. The van der Waals surface area contributed by atoms with Crippen LogP contribution in [0.2, 0.25) is 0 Å². The molecule has 6 nitrogen and oxygen atoms in total. The number of nitrogens with zero attached hydrogens (tertiary/aromatic N) is 4. The van der Waals surface area contributed by atoms with Gasteiger partial charge in [0.25, 0.3) is 11.4 Å². The van der Waals surface area contributed by atoms with Crippen LogP contribution in [0.25, 0.3) is 22.8 Å². The molecule has 0 bridgehead atoms. The van der Waals surface area contributed by atoms with Crippen LogP contribution in [0.15, 0.2) is 76.1 Å². The predicted molar refractivity (Wildman–Crippen MR) is 97.7 cm³/mol. The van der Waals surface area contributed by atoms with Gasteiger partial charge in [0.05, 0.1) is 17.9 Å². The second-order valence-corrected chi connectivity index (χ2v) is 5.99. The molecule has 0 N–H and O–H groups in total. The molecule has 0 saturated heterocycles. The van der Waals surface area contributed by atoms with Crippen LogP contribution in [-0.2, 0) is 6.54 Å². The van der Waals surface area contributed by atoms with E-state index >= 15 is 0 Å². The lowest BCUT2D eigenvalue weighted by Crippen LogP contribution is -2.21. The van der Waals surface area contributed by atoms with E-state index in [0.717, 1.165) is 5.56 Å². The Morgan fingerprint density at radius 1 is 0.964 bits per heavy atom. The van der Waals surface area contributed by atoms with E-state index in [1.807, 2.05) is 24.3 Å². The zero-order valence-electron chi connectivity index (χ0n) is 14.5. The Morgan fingerprint density at radius 3 is 2.46 bits per heavy atom. The lowest BCUT2D eigenvalue weighted by atomic mass is 10.1. The highest BCUT2D eigenvalue weighted by Gasteiger charge is 2.17. The minimum atomic E-state index is -2.81. The van der Waals surface area contributed by atoms with Crippen molar-refractivity contribution < 1.29 is 13.2 Å². The molecule has 0 spiro atoms. The molecule has 28 heavy (non-hydrogen) atoms. The fraction of sp³-hybridized carbons (Fsp3) is 0.100. The third-order valence-corrected chi connectivity index (χ3v) is 4.15. The van der Waals surface area contributed by atoms with Gasteiger partial charge in [-0.15, -0.1) is 10.2 Å². The fourth-order valence-corrected chi connectivity index (χ4v) is 2.80. The molecule has 3 aromatic heterocycles. The summed E-state index contributed by atoms with van der Waals surface area (Å²) >= 11 is 0. The molecule has 0 atom stereocenters. The maximum atomic E-state index is 12.6. The number of aromatic nitrogens is 4. The van der Waals surface area contributed by atoms with Gasteiger partial charge in [0, 0.05) is 17.8 Å². The Kier molecular flexibility index (Phi) is 4.76. The summed E-state index contributed by atoms with van der Waals surface area (Å²) in [7, 11) is 0. The first kappa shape index (κ1) is 17.7. The Hall–Kier alpha value is -3.68. The molecule has 4 aromatic rings. The van der Waals surface area contributed by atoms with E-state index in [4.69, 9.17) is 4.42 Å². The van der Waals surface area contributed by atoms with Gasteiger partial charge >= 0.3 is 6.43 Å². The van der Waals surface area contributed by atoms with Crippen LogP contribution in [0, 0.1) is 0 Å². The van der Waals surface area contributed by atoms with E-state index in [0.29, 0.717) is 23.5 Å². The predicted octanol–water partition coefficient (Wildman–Crippen LogP) is 3.95. The van der Waals surface area contributed by atoms with Crippen molar-refractivity contribution in [1.82, 2.24) is 19.7 Å². The minimum absolute atomic E-state index is 0.0212. The standard InChI is InChI=1S/C20H14F2N4O2/c21-18(22)20-25-24-19(28-20)14-9-7-13(8-10-14)12-26-16(5-3-6-17(26)27)15-4-1-2-11-23-15/h1-11,18H,12H2. The second-order valence-electron chi connectivity index (χ2n) is 5.99. The molecule has 0 radical (unpaired) electrons. The molecule has 0 saturated carbocycles. The summed E-state index contributed by atoms with van der Waals surface area (Å²) < 4.78 is 31.7. The maximum absolute atomic E-state index is 12.6. The summed E-state index contributed by atoms with van der Waals surface area (Å²) in [5.41, 5.74) is 2.62. The Balaban J connectivity index is 1.63. The number of benzene rings is 1. The summed E-state index contributed by atoms with van der Waals surface area (Å²) in [6.07, 6.45) is -1.14. The van der Waals surface area contributed by atoms with E-state index in [1.165, 1.54) is 6.07 Å². The van der Waals surface area contributed by atoms with Gasteiger partial charge in [0.15, 0.2) is 0 Å². The van der Waals surface area contributed by atoms with Crippen molar-refractivity contribution in [2.45, 2.75) is 13.0 Å². The van der Waals surface area contributed by atoms with Crippen LogP contribution in [0.5, 0.6) is 0 Å². The van der Waals surface area contributed by atoms with Crippen molar-refractivity contribution in [2.24, 2.45) is 0 Å². The van der Waals surface area contributed by atoms with Crippen LogP contribution in [0.3, 0.4) is 0 Å². The summed E-state index contributed by atoms with van der Waals surface area (Å²) in [4.78, 5) is 16.7. The monoisotopic (exact) mass is 380 g/mol. The minimum Gasteiger partial charge on any atom is -0.415 e. The molecule has 4 rings (SSSR count). The maximum Gasteiger partial charge on any atom is 0.314 e. The van der Waals surface area contributed by atoms with Crippen LogP contribution < -0.4 is 5.56 Å². The van der Waals surface area contributed by atoms with Gasteiger partial charge in [-0.1, -0.05) is 24.3 Å². The van der Waals surface area contributed by atoms with Crippen LogP contribution in [0.1, 0.15) is 17.9 Å². The molecular weight excluding hydrogens is 366 g/mol.